The number of hydrogen-bond acceptors (Lipinski definition) is 4. The van der Waals surface area contributed by atoms with Gasteiger partial charge >= 0.3 is 5.69 Å². The summed E-state index contributed by atoms with van der Waals surface area (Å²) in [7, 11) is 0. The van der Waals surface area contributed by atoms with E-state index in [1.165, 1.54) is 30.3 Å². The summed E-state index contributed by atoms with van der Waals surface area (Å²) in [6, 6.07) is 8.63. The molecule has 0 aliphatic rings. The van der Waals surface area contributed by atoms with Gasteiger partial charge in [-0.15, -0.1) is 0 Å². The summed E-state index contributed by atoms with van der Waals surface area (Å²) in [6.45, 7) is -0.315. The second-order valence-electron chi connectivity index (χ2n) is 4.93. The average molecular weight is 332 g/mol. The zero-order valence-electron chi connectivity index (χ0n) is 12.1. The third kappa shape index (κ3) is 2.78. The van der Waals surface area contributed by atoms with E-state index in [-0.39, 0.29) is 17.8 Å². The topological polar surface area (TPSA) is 83.0 Å². The first-order valence-corrected chi connectivity index (χ1v) is 6.79. The van der Waals surface area contributed by atoms with Crippen LogP contribution in [0.25, 0.3) is 5.69 Å². The molecule has 0 aliphatic carbocycles. The van der Waals surface area contributed by atoms with Gasteiger partial charge in [-0.25, -0.2) is 13.6 Å². The van der Waals surface area contributed by atoms with E-state index in [1.807, 2.05) is 0 Å². The van der Waals surface area contributed by atoms with Crippen LogP contribution in [0.1, 0.15) is 5.56 Å². The highest BCUT2D eigenvalue weighted by Gasteiger charge is 2.14. The summed E-state index contributed by atoms with van der Waals surface area (Å²) in [5, 5.41) is 14.5. The maximum absolute atomic E-state index is 13.7. The van der Waals surface area contributed by atoms with Crippen molar-refractivity contribution in [3.05, 3.63) is 86.6 Å². The molecule has 0 aliphatic heterocycles. The molecule has 1 heterocycles. The Labute approximate surface area is 133 Å². The first kappa shape index (κ1) is 15.5. The van der Waals surface area contributed by atoms with E-state index < -0.39 is 22.2 Å². The van der Waals surface area contributed by atoms with Crippen LogP contribution in [0, 0.1) is 21.7 Å². The molecule has 24 heavy (non-hydrogen) atoms. The second-order valence-corrected chi connectivity index (χ2v) is 4.93. The highest BCUT2D eigenvalue weighted by Crippen LogP contribution is 2.15. The normalized spacial score (nSPS) is 10.8. The van der Waals surface area contributed by atoms with E-state index in [0.29, 0.717) is 5.69 Å². The van der Waals surface area contributed by atoms with E-state index in [1.54, 1.807) is 0 Å². The summed E-state index contributed by atoms with van der Waals surface area (Å²) in [5.41, 5.74) is -0.688. The van der Waals surface area contributed by atoms with Crippen LogP contribution in [-0.4, -0.2) is 19.3 Å². The SMILES string of the molecule is O=c1n(Cc2c(F)cccc2F)cnn1-c1ccc([N+](=O)[O-])cc1. The maximum Gasteiger partial charge on any atom is 0.350 e. The molecular weight excluding hydrogens is 322 g/mol. The molecule has 0 saturated heterocycles. The Morgan fingerprint density at radius 1 is 1.08 bits per heavy atom. The summed E-state index contributed by atoms with van der Waals surface area (Å²) in [6.07, 6.45) is 1.15. The molecule has 122 valence electrons. The fourth-order valence-electron chi connectivity index (χ4n) is 2.19. The molecular formula is C15H10F2N4O3. The fraction of sp³-hybridized carbons (Fsp3) is 0.0667. The quantitative estimate of drug-likeness (QED) is 0.542. The first-order valence-electron chi connectivity index (χ1n) is 6.79. The molecule has 0 radical (unpaired) electrons. The minimum atomic E-state index is -0.759. The molecule has 2 aromatic carbocycles. The Morgan fingerprint density at radius 3 is 2.29 bits per heavy atom. The lowest BCUT2D eigenvalue weighted by Gasteiger charge is -2.04. The molecule has 0 spiro atoms. The van der Waals surface area contributed by atoms with Gasteiger partial charge in [0.1, 0.15) is 18.0 Å². The van der Waals surface area contributed by atoms with Gasteiger partial charge in [0, 0.05) is 17.7 Å². The van der Waals surface area contributed by atoms with Crippen molar-refractivity contribution in [2.75, 3.05) is 0 Å². The summed E-state index contributed by atoms with van der Waals surface area (Å²) in [4.78, 5) is 22.4. The number of nitro groups is 1. The molecule has 0 fully saturated rings. The smallest absolute Gasteiger partial charge is 0.276 e. The van der Waals surface area contributed by atoms with Crippen LogP contribution in [0.3, 0.4) is 0 Å². The predicted octanol–water partition coefficient (Wildman–Crippen LogP) is 2.27. The van der Waals surface area contributed by atoms with Gasteiger partial charge in [-0.2, -0.15) is 9.78 Å². The molecule has 3 aromatic rings. The number of nitrogens with zero attached hydrogens (tertiary/aromatic N) is 4. The number of aromatic nitrogens is 3. The fourth-order valence-corrected chi connectivity index (χ4v) is 2.19. The first-order chi connectivity index (χ1) is 11.5. The van der Waals surface area contributed by atoms with Crippen molar-refractivity contribution < 1.29 is 13.7 Å². The van der Waals surface area contributed by atoms with Crippen molar-refractivity contribution in [3.63, 3.8) is 0 Å². The van der Waals surface area contributed by atoms with Crippen molar-refractivity contribution in [3.8, 4) is 5.69 Å². The lowest BCUT2D eigenvalue weighted by molar-refractivity contribution is -0.384. The van der Waals surface area contributed by atoms with Crippen molar-refractivity contribution in [2.45, 2.75) is 6.54 Å². The molecule has 9 heteroatoms. The van der Waals surface area contributed by atoms with Crippen LogP contribution in [0.5, 0.6) is 0 Å². The van der Waals surface area contributed by atoms with Gasteiger partial charge in [-0.05, 0) is 24.3 Å². The Hall–Kier alpha value is -3.36. The van der Waals surface area contributed by atoms with Gasteiger partial charge < -0.3 is 0 Å². The van der Waals surface area contributed by atoms with E-state index in [9.17, 15) is 23.7 Å². The van der Waals surface area contributed by atoms with Gasteiger partial charge in [-0.3, -0.25) is 14.7 Å². The standard InChI is InChI=1S/C15H10F2N4O3/c16-13-2-1-3-14(17)12(13)8-19-9-18-20(15(19)22)10-4-6-11(7-5-10)21(23)24/h1-7,9H,8H2. The van der Waals surface area contributed by atoms with Crippen molar-refractivity contribution in [1.82, 2.24) is 14.3 Å². The monoisotopic (exact) mass is 332 g/mol. The summed E-state index contributed by atoms with van der Waals surface area (Å²) >= 11 is 0. The number of non-ortho nitro benzene ring substituents is 1. The van der Waals surface area contributed by atoms with Crippen LogP contribution in [0.2, 0.25) is 0 Å². The maximum atomic E-state index is 13.7. The van der Waals surface area contributed by atoms with Crippen LogP contribution >= 0.6 is 0 Å². The Balaban J connectivity index is 1.94. The predicted molar refractivity (Wildman–Crippen MR) is 79.9 cm³/mol. The van der Waals surface area contributed by atoms with Crippen molar-refractivity contribution >= 4 is 5.69 Å². The molecule has 7 nitrogen and oxygen atoms in total. The molecule has 0 saturated carbocycles. The number of halogens is 2. The lowest BCUT2D eigenvalue weighted by atomic mass is 10.2. The zero-order chi connectivity index (χ0) is 17.3. The van der Waals surface area contributed by atoms with Crippen molar-refractivity contribution in [1.29, 1.82) is 0 Å². The van der Waals surface area contributed by atoms with Gasteiger partial charge in [0.25, 0.3) is 5.69 Å². The van der Waals surface area contributed by atoms with Gasteiger partial charge in [0.05, 0.1) is 17.2 Å². The molecule has 0 N–H and O–H groups in total. The van der Waals surface area contributed by atoms with Gasteiger partial charge in [-0.1, -0.05) is 6.07 Å². The van der Waals surface area contributed by atoms with E-state index in [4.69, 9.17) is 0 Å². The number of benzene rings is 2. The molecule has 1 aromatic heterocycles. The molecule has 0 atom stereocenters. The minimum Gasteiger partial charge on any atom is -0.276 e. The zero-order valence-corrected chi connectivity index (χ0v) is 12.1. The van der Waals surface area contributed by atoms with Crippen LogP contribution in [0.4, 0.5) is 14.5 Å². The highest BCUT2D eigenvalue weighted by atomic mass is 19.1. The lowest BCUT2D eigenvalue weighted by Crippen LogP contribution is -2.24. The molecule has 0 bridgehead atoms. The Morgan fingerprint density at radius 2 is 1.71 bits per heavy atom. The van der Waals surface area contributed by atoms with E-state index in [0.717, 1.165) is 27.7 Å². The molecule has 0 amide bonds. The van der Waals surface area contributed by atoms with Gasteiger partial charge in [0.2, 0.25) is 0 Å². The number of hydrogen-bond donors (Lipinski definition) is 0. The highest BCUT2D eigenvalue weighted by molar-refractivity contribution is 5.40. The third-order valence-electron chi connectivity index (χ3n) is 3.43. The minimum absolute atomic E-state index is 0.125. The van der Waals surface area contributed by atoms with Crippen LogP contribution in [0.15, 0.2) is 53.6 Å². The summed E-state index contributed by atoms with van der Waals surface area (Å²) < 4.78 is 29.4. The molecule has 0 unspecified atom stereocenters. The largest absolute Gasteiger partial charge is 0.350 e. The van der Waals surface area contributed by atoms with Gasteiger partial charge in [0.15, 0.2) is 0 Å². The molecule has 3 rings (SSSR count). The summed E-state index contributed by atoms with van der Waals surface area (Å²) in [5.74, 6) is -1.52. The van der Waals surface area contributed by atoms with Crippen LogP contribution in [-0.2, 0) is 6.54 Å². The second kappa shape index (κ2) is 6.03. The van der Waals surface area contributed by atoms with Crippen molar-refractivity contribution in [2.24, 2.45) is 0 Å². The van der Waals surface area contributed by atoms with E-state index >= 15 is 0 Å². The third-order valence-corrected chi connectivity index (χ3v) is 3.43. The Bertz CT molecular complexity index is 943. The Kier molecular flexibility index (Phi) is 3.90. The number of nitro benzene ring substituents is 1. The number of rotatable bonds is 4. The average Bonchev–Trinajstić information content (AvgIpc) is 2.92. The van der Waals surface area contributed by atoms with E-state index in [2.05, 4.69) is 5.10 Å². The van der Waals surface area contributed by atoms with Crippen LogP contribution < -0.4 is 5.69 Å².